The van der Waals surface area contributed by atoms with E-state index in [0.29, 0.717) is 11.3 Å². The summed E-state index contributed by atoms with van der Waals surface area (Å²) in [6.07, 6.45) is 0. The fourth-order valence-electron chi connectivity index (χ4n) is 2.91. The van der Waals surface area contributed by atoms with Crippen molar-refractivity contribution in [2.45, 2.75) is 0 Å². The molecule has 116 valence electrons. The lowest BCUT2D eigenvalue weighted by atomic mass is 9.93. The van der Waals surface area contributed by atoms with E-state index in [0.717, 1.165) is 22.1 Å². The summed E-state index contributed by atoms with van der Waals surface area (Å²) in [7, 11) is 0. The third kappa shape index (κ3) is 2.25. The van der Waals surface area contributed by atoms with E-state index >= 15 is 0 Å². The van der Waals surface area contributed by atoms with Gasteiger partial charge in [0.15, 0.2) is 5.43 Å². The first-order valence-electron chi connectivity index (χ1n) is 7.43. The predicted molar refractivity (Wildman–Crippen MR) is 91.5 cm³/mol. The van der Waals surface area contributed by atoms with E-state index in [-0.39, 0.29) is 11.0 Å². The molecule has 1 N–H and O–H groups in total. The van der Waals surface area contributed by atoms with Crippen LogP contribution in [0.4, 0.5) is 0 Å². The minimum atomic E-state index is -0.963. The second kappa shape index (κ2) is 5.35. The monoisotopic (exact) mass is 316 g/mol. The van der Waals surface area contributed by atoms with Crippen molar-refractivity contribution in [2.24, 2.45) is 0 Å². The molecule has 0 amide bonds. The molecular weight excluding hydrogens is 304 g/mol. The Labute approximate surface area is 136 Å². The van der Waals surface area contributed by atoms with Crippen LogP contribution < -0.4 is 5.43 Å². The summed E-state index contributed by atoms with van der Waals surface area (Å²) >= 11 is 0. The van der Waals surface area contributed by atoms with E-state index in [1.165, 1.54) is 12.1 Å². The number of para-hydroxylation sites is 1. The molecule has 1 heterocycles. The molecule has 0 saturated carbocycles. The zero-order chi connectivity index (χ0) is 16.7. The van der Waals surface area contributed by atoms with Crippen LogP contribution in [0.15, 0.2) is 75.9 Å². The smallest absolute Gasteiger partial charge is 0.335 e. The molecule has 0 radical (unpaired) electrons. The molecule has 0 unspecified atom stereocenters. The average Bonchev–Trinajstić information content (AvgIpc) is 2.59. The number of fused-ring (bicyclic) bond motifs is 2. The highest BCUT2D eigenvalue weighted by Gasteiger charge is 2.17. The normalized spacial score (nSPS) is 11.0. The molecule has 4 heteroatoms. The SMILES string of the molecule is O=C(O)c1ccc(-c2c3ccc(=O)cc-3oc3ccccc23)cc1. The van der Waals surface area contributed by atoms with Crippen LogP contribution in [0, 0.1) is 0 Å². The maximum absolute atomic E-state index is 11.7. The molecule has 1 aliphatic carbocycles. The van der Waals surface area contributed by atoms with Crippen molar-refractivity contribution in [3.8, 4) is 22.5 Å². The first-order valence-corrected chi connectivity index (χ1v) is 7.43. The molecule has 0 aromatic heterocycles. The number of rotatable bonds is 2. The molecule has 4 rings (SSSR count). The zero-order valence-corrected chi connectivity index (χ0v) is 12.5. The number of carboxylic acid groups (broad SMARTS) is 1. The van der Waals surface area contributed by atoms with Gasteiger partial charge in [-0.25, -0.2) is 4.79 Å². The van der Waals surface area contributed by atoms with Crippen LogP contribution in [0.2, 0.25) is 0 Å². The quantitative estimate of drug-likeness (QED) is 0.561. The number of carboxylic acids is 1. The van der Waals surface area contributed by atoms with Crippen molar-refractivity contribution >= 4 is 16.9 Å². The fourth-order valence-corrected chi connectivity index (χ4v) is 2.91. The molecule has 2 aromatic rings. The molecule has 4 nitrogen and oxygen atoms in total. The Morgan fingerprint density at radius 3 is 2.42 bits per heavy atom. The van der Waals surface area contributed by atoms with Gasteiger partial charge in [-0.15, -0.1) is 0 Å². The van der Waals surface area contributed by atoms with Crippen LogP contribution in [0.5, 0.6) is 0 Å². The minimum Gasteiger partial charge on any atom is -0.478 e. The number of hydrogen-bond donors (Lipinski definition) is 1. The van der Waals surface area contributed by atoms with Crippen molar-refractivity contribution in [2.75, 3.05) is 0 Å². The first-order chi connectivity index (χ1) is 11.6. The van der Waals surface area contributed by atoms with Crippen LogP contribution >= 0.6 is 0 Å². The second-order valence-corrected chi connectivity index (χ2v) is 5.51. The summed E-state index contributed by atoms with van der Waals surface area (Å²) in [5.74, 6) is -0.450. The third-order valence-electron chi connectivity index (χ3n) is 4.02. The van der Waals surface area contributed by atoms with Gasteiger partial charge in [-0.1, -0.05) is 30.3 Å². The van der Waals surface area contributed by atoms with E-state index < -0.39 is 5.97 Å². The lowest BCUT2D eigenvalue weighted by Crippen LogP contribution is -2.00. The lowest BCUT2D eigenvalue weighted by Gasteiger charge is -2.14. The average molecular weight is 316 g/mol. The summed E-state index contributed by atoms with van der Waals surface area (Å²) < 4.78 is 5.86. The number of hydrogen-bond acceptors (Lipinski definition) is 3. The predicted octanol–water partition coefficient (Wildman–Crippen LogP) is 4.26. The van der Waals surface area contributed by atoms with Crippen LogP contribution in [0.1, 0.15) is 10.4 Å². The summed E-state index contributed by atoms with van der Waals surface area (Å²) in [5, 5.41) is 9.98. The van der Waals surface area contributed by atoms with Gasteiger partial charge in [-0.2, -0.15) is 0 Å². The largest absolute Gasteiger partial charge is 0.478 e. The Morgan fingerprint density at radius 2 is 1.67 bits per heavy atom. The molecule has 0 atom stereocenters. The van der Waals surface area contributed by atoms with Gasteiger partial charge in [0, 0.05) is 22.6 Å². The zero-order valence-electron chi connectivity index (χ0n) is 12.5. The summed E-state index contributed by atoms with van der Waals surface area (Å²) in [5.41, 5.74) is 3.40. The van der Waals surface area contributed by atoms with Gasteiger partial charge in [-0.3, -0.25) is 4.79 Å². The second-order valence-electron chi connectivity index (χ2n) is 5.51. The Hall–Kier alpha value is -3.40. The lowest BCUT2D eigenvalue weighted by molar-refractivity contribution is 0.0697. The maximum Gasteiger partial charge on any atom is 0.335 e. The number of aromatic carboxylic acids is 1. The van der Waals surface area contributed by atoms with E-state index in [1.807, 2.05) is 24.3 Å². The molecule has 0 fully saturated rings. The van der Waals surface area contributed by atoms with E-state index in [9.17, 15) is 9.59 Å². The van der Waals surface area contributed by atoms with E-state index in [1.54, 1.807) is 30.3 Å². The van der Waals surface area contributed by atoms with Gasteiger partial charge in [0.25, 0.3) is 0 Å². The fraction of sp³-hybridized carbons (Fsp3) is 0. The summed E-state index contributed by atoms with van der Waals surface area (Å²) in [6.45, 7) is 0. The minimum absolute atomic E-state index is 0.117. The van der Waals surface area contributed by atoms with Gasteiger partial charge < -0.3 is 9.52 Å². The Morgan fingerprint density at radius 1 is 0.917 bits per heavy atom. The summed E-state index contributed by atoms with van der Waals surface area (Å²) in [6, 6.07) is 19.0. The van der Waals surface area contributed by atoms with Crippen LogP contribution in [0.25, 0.3) is 33.4 Å². The van der Waals surface area contributed by atoms with Crippen molar-refractivity contribution in [1.29, 1.82) is 0 Å². The van der Waals surface area contributed by atoms with Gasteiger partial charge in [-0.05, 0) is 35.9 Å². The highest BCUT2D eigenvalue weighted by molar-refractivity contribution is 6.02. The molecule has 2 aliphatic rings. The molecule has 0 saturated heterocycles. The summed E-state index contributed by atoms with van der Waals surface area (Å²) in [4.78, 5) is 22.7. The molecule has 24 heavy (non-hydrogen) atoms. The van der Waals surface area contributed by atoms with Crippen molar-refractivity contribution in [1.82, 2.24) is 0 Å². The van der Waals surface area contributed by atoms with Crippen molar-refractivity contribution < 1.29 is 14.3 Å². The van der Waals surface area contributed by atoms with Crippen LogP contribution in [-0.4, -0.2) is 11.1 Å². The Bertz CT molecular complexity index is 1090. The van der Waals surface area contributed by atoms with E-state index in [4.69, 9.17) is 9.52 Å². The van der Waals surface area contributed by atoms with Gasteiger partial charge in [0.05, 0.1) is 5.56 Å². The highest BCUT2D eigenvalue weighted by Crippen LogP contribution is 2.39. The number of benzene rings is 3. The Balaban J connectivity index is 2.08. The molecular formula is C20H12O4. The topological polar surface area (TPSA) is 67.5 Å². The standard InChI is InChI=1S/C20H12O4/c21-14-9-10-16-18(11-14)24-17-4-2-1-3-15(17)19(16)12-5-7-13(8-6-12)20(22)23/h1-11H,(H,22,23). The molecule has 0 spiro atoms. The molecule has 1 aliphatic heterocycles. The first kappa shape index (κ1) is 14.2. The van der Waals surface area contributed by atoms with E-state index in [2.05, 4.69) is 0 Å². The van der Waals surface area contributed by atoms with Crippen LogP contribution in [0.3, 0.4) is 0 Å². The Kier molecular flexibility index (Phi) is 3.17. The van der Waals surface area contributed by atoms with Crippen molar-refractivity contribution in [3.63, 3.8) is 0 Å². The van der Waals surface area contributed by atoms with Gasteiger partial charge >= 0.3 is 5.97 Å². The number of carbonyl (C=O) groups is 1. The van der Waals surface area contributed by atoms with Gasteiger partial charge in [0.1, 0.15) is 11.3 Å². The van der Waals surface area contributed by atoms with Crippen molar-refractivity contribution in [3.05, 3.63) is 82.5 Å². The van der Waals surface area contributed by atoms with Crippen LogP contribution in [-0.2, 0) is 0 Å². The van der Waals surface area contributed by atoms with Gasteiger partial charge in [0.2, 0.25) is 0 Å². The highest BCUT2D eigenvalue weighted by atomic mass is 16.4. The maximum atomic E-state index is 11.7. The third-order valence-corrected chi connectivity index (χ3v) is 4.02. The molecule has 2 aromatic carbocycles. The molecule has 0 bridgehead atoms.